The average molecular weight is 1240 g/mol. The number of methoxy groups -OCH3 is 2. The van der Waals surface area contributed by atoms with Crippen molar-refractivity contribution in [3.8, 4) is 0 Å². The Hall–Kier alpha value is -7.61. The molecule has 0 unspecified atom stereocenters. The monoisotopic (exact) mass is 1240 g/mol. The van der Waals surface area contributed by atoms with E-state index in [1.54, 1.807) is 38.1 Å². The number of hydrogen-bond donors (Lipinski definition) is 4. The Balaban J connectivity index is 0.813. The molecule has 86 heavy (non-hydrogen) atoms. The summed E-state index contributed by atoms with van der Waals surface area (Å²) < 4.78 is 73.1. The number of nitrogens with zero attached hydrogens (tertiary/aromatic N) is 4. The number of pyridine rings is 1. The zero-order valence-electron chi connectivity index (χ0n) is 48.7. The Morgan fingerprint density at radius 2 is 1.09 bits per heavy atom. The molecule has 2 aliphatic rings. The zero-order valence-corrected chi connectivity index (χ0v) is 51.1. The summed E-state index contributed by atoms with van der Waals surface area (Å²) in [6, 6.07) is 27.7. The van der Waals surface area contributed by atoms with Crippen LogP contribution in [0.5, 0.6) is 0 Å². The minimum atomic E-state index is -4.03. The van der Waals surface area contributed by atoms with Crippen LogP contribution < -0.4 is 21.3 Å². The number of carbonyl (C=O) groups excluding carboxylic acids is 7. The Labute approximate surface area is 506 Å². The summed E-state index contributed by atoms with van der Waals surface area (Å²) in [5.74, 6) is -3.98. The molecule has 0 atom stereocenters. The summed E-state index contributed by atoms with van der Waals surface area (Å²) in [6.07, 6.45) is 4.00. The Bertz CT molecular complexity index is 3470. The van der Waals surface area contributed by atoms with Gasteiger partial charge in [0.15, 0.2) is 5.69 Å². The van der Waals surface area contributed by atoms with E-state index in [9.17, 15) is 50.4 Å². The fraction of sp³-hybridized carbons (Fsp3) is 0.410. The van der Waals surface area contributed by atoms with Crippen molar-refractivity contribution in [2.45, 2.75) is 107 Å². The number of anilines is 2. The predicted molar refractivity (Wildman–Crippen MR) is 321 cm³/mol. The molecule has 2 aliphatic carbocycles. The van der Waals surface area contributed by atoms with E-state index in [4.69, 9.17) is 25.8 Å². The third kappa shape index (κ3) is 17.3. The molecular formula is C61H73ClN8O14S2. The highest BCUT2D eigenvalue weighted by Crippen LogP contribution is 2.34. The van der Waals surface area contributed by atoms with Crippen molar-refractivity contribution < 1.29 is 64.6 Å². The van der Waals surface area contributed by atoms with Gasteiger partial charge in [-0.1, -0.05) is 61.8 Å². The second kappa shape index (κ2) is 30.6. The third-order valence-corrected chi connectivity index (χ3v) is 19.5. The lowest BCUT2D eigenvalue weighted by molar-refractivity contribution is -0.147. The average Bonchev–Trinajstić information content (AvgIpc) is 1.44. The van der Waals surface area contributed by atoms with Crippen LogP contribution in [0.3, 0.4) is 0 Å². The molecule has 0 spiro atoms. The Kier molecular flexibility index (Phi) is 23.5. The summed E-state index contributed by atoms with van der Waals surface area (Å²) in [7, 11) is -3.40. The van der Waals surface area contributed by atoms with Crippen molar-refractivity contribution in [1.29, 1.82) is 0 Å². The first-order valence-electron chi connectivity index (χ1n) is 28.4. The van der Waals surface area contributed by atoms with Gasteiger partial charge in [-0.2, -0.15) is 8.61 Å². The van der Waals surface area contributed by atoms with Crippen LogP contribution >= 0.6 is 11.6 Å². The standard InChI is InChI=1S/C61H73ClN8O14S2/c1-6-69(48-26-20-43(21-27-48)59(75)82-4)85(78,79)50-12-8-10-45(36-50)57(73)66-52-30-31-53(62)67-55(52)58(74)65-47-24-16-41(17-25-47)39-68(3)38-40-14-18-42(19-15-40)56(72)64-33-32-54(71)63-34-35-84-61(77)46-11-9-13-51(37-46)86(80,81)70(7-2)49-28-22-44(23-29-49)60(76)83-5/h8-19,24-25,30-31,36-37,43-44,48-49H,6-7,20-23,26-29,32-35,38-39H2,1-5H3,(H,63,71)(H,64,72)(H,65,74)(H,66,73). The molecule has 0 radical (unpaired) electrons. The van der Waals surface area contributed by atoms with E-state index in [1.165, 1.54) is 83.5 Å². The van der Waals surface area contributed by atoms with E-state index in [1.807, 2.05) is 31.3 Å². The molecule has 1 heterocycles. The minimum absolute atomic E-state index is 0.00274. The van der Waals surface area contributed by atoms with Crippen LogP contribution in [0.4, 0.5) is 11.4 Å². The number of rotatable bonds is 26. The molecule has 2 saturated carbocycles. The van der Waals surface area contributed by atoms with Gasteiger partial charge >= 0.3 is 17.9 Å². The predicted octanol–water partition coefficient (Wildman–Crippen LogP) is 7.45. The van der Waals surface area contributed by atoms with Gasteiger partial charge < -0.3 is 35.5 Å². The Morgan fingerprint density at radius 3 is 1.62 bits per heavy atom. The molecular weight excluding hydrogens is 1170 g/mol. The van der Waals surface area contributed by atoms with Crippen LogP contribution in [-0.4, -0.2) is 143 Å². The molecule has 7 rings (SSSR count). The highest BCUT2D eigenvalue weighted by molar-refractivity contribution is 7.89. The molecule has 22 nitrogen and oxygen atoms in total. The summed E-state index contributed by atoms with van der Waals surface area (Å²) in [6.45, 7) is 4.83. The molecule has 4 aromatic carbocycles. The van der Waals surface area contributed by atoms with Gasteiger partial charge in [0.25, 0.3) is 17.7 Å². The second-order valence-corrected chi connectivity index (χ2v) is 25.2. The molecule has 0 saturated heterocycles. The number of halogens is 1. The lowest BCUT2D eigenvalue weighted by Gasteiger charge is -2.34. The van der Waals surface area contributed by atoms with Crippen LogP contribution in [0.1, 0.15) is 124 Å². The van der Waals surface area contributed by atoms with E-state index in [-0.39, 0.29) is 124 Å². The summed E-state index contributed by atoms with van der Waals surface area (Å²) >= 11 is 6.22. The maximum absolute atomic E-state index is 13.9. The SMILES string of the molecule is CCN(C1CCC(C(=O)OC)CC1)S(=O)(=O)c1cccc(C(=O)Nc2ccc(Cl)nc2C(=O)Nc2ccc(CN(C)Cc3ccc(C(=O)NCCC(=O)NCCOC(=O)c4cccc(S(=O)(=O)N(CC)C5CCC(C(=O)OC)CC5)c4)cc3)cc2)c1. The maximum atomic E-state index is 13.9. The van der Waals surface area contributed by atoms with Gasteiger partial charge in [-0.3, -0.25) is 33.7 Å². The topological polar surface area (TPSA) is 286 Å². The fourth-order valence-corrected chi connectivity index (χ4v) is 14.4. The lowest BCUT2D eigenvalue weighted by atomic mass is 9.86. The van der Waals surface area contributed by atoms with Gasteiger partial charge in [0, 0.05) is 68.0 Å². The van der Waals surface area contributed by atoms with E-state index in [0.29, 0.717) is 75.7 Å². The van der Waals surface area contributed by atoms with E-state index < -0.39 is 37.8 Å². The molecule has 4 N–H and O–H groups in total. The largest absolute Gasteiger partial charge is 0.469 e. The van der Waals surface area contributed by atoms with Crippen LogP contribution in [0.15, 0.2) is 119 Å². The number of carbonyl (C=O) groups is 7. The van der Waals surface area contributed by atoms with Crippen molar-refractivity contribution in [2.24, 2.45) is 11.8 Å². The molecule has 460 valence electrons. The first kappa shape index (κ1) is 65.9. The van der Waals surface area contributed by atoms with Gasteiger partial charge in [0.05, 0.1) is 53.6 Å². The Morgan fingerprint density at radius 1 is 0.581 bits per heavy atom. The first-order chi connectivity index (χ1) is 41.1. The van der Waals surface area contributed by atoms with E-state index in [2.05, 4.69) is 31.2 Å². The highest BCUT2D eigenvalue weighted by atomic mass is 35.5. The van der Waals surface area contributed by atoms with Gasteiger partial charge in [0.2, 0.25) is 26.0 Å². The summed E-state index contributed by atoms with van der Waals surface area (Å²) in [4.78, 5) is 95.8. The number of hydrogen-bond acceptors (Lipinski definition) is 16. The lowest BCUT2D eigenvalue weighted by Crippen LogP contribution is -2.43. The van der Waals surface area contributed by atoms with Gasteiger partial charge in [-0.25, -0.2) is 26.6 Å². The van der Waals surface area contributed by atoms with Gasteiger partial charge in [-0.15, -0.1) is 0 Å². The van der Waals surface area contributed by atoms with Crippen molar-refractivity contribution in [2.75, 3.05) is 64.7 Å². The van der Waals surface area contributed by atoms with Crippen molar-refractivity contribution in [3.63, 3.8) is 0 Å². The van der Waals surface area contributed by atoms with Crippen molar-refractivity contribution in [3.05, 3.63) is 148 Å². The van der Waals surface area contributed by atoms with Gasteiger partial charge in [-0.05, 0) is 142 Å². The van der Waals surface area contributed by atoms with E-state index >= 15 is 0 Å². The van der Waals surface area contributed by atoms with Crippen LogP contribution in [0.25, 0.3) is 0 Å². The van der Waals surface area contributed by atoms with E-state index in [0.717, 1.165) is 11.1 Å². The smallest absolute Gasteiger partial charge is 0.338 e. The third-order valence-electron chi connectivity index (χ3n) is 15.2. The normalized spacial score (nSPS) is 17.1. The number of aromatic nitrogens is 1. The molecule has 0 bridgehead atoms. The number of benzene rings is 4. The van der Waals surface area contributed by atoms with Crippen LogP contribution in [-0.2, 0) is 61.7 Å². The van der Waals surface area contributed by atoms with Crippen molar-refractivity contribution in [1.82, 2.24) is 29.1 Å². The second-order valence-electron chi connectivity index (χ2n) is 21.0. The number of esters is 3. The summed E-state index contributed by atoms with van der Waals surface area (Å²) in [5.41, 5.74) is 2.65. The quantitative estimate of drug-likeness (QED) is 0.0181. The summed E-state index contributed by atoms with van der Waals surface area (Å²) in [5, 5.41) is 10.9. The number of sulfonamides is 2. The number of nitrogens with one attached hydrogen (secondary N) is 4. The maximum Gasteiger partial charge on any atom is 0.338 e. The van der Waals surface area contributed by atoms with Crippen molar-refractivity contribution >= 4 is 84.6 Å². The number of ether oxygens (including phenoxy) is 3. The minimum Gasteiger partial charge on any atom is -0.469 e. The zero-order chi connectivity index (χ0) is 62.1. The molecule has 4 amide bonds. The first-order valence-corrected chi connectivity index (χ1v) is 31.7. The fourth-order valence-electron chi connectivity index (χ4n) is 10.8. The molecule has 5 aromatic rings. The molecule has 25 heteroatoms. The molecule has 2 fully saturated rings. The van der Waals surface area contributed by atoms with Crippen LogP contribution in [0, 0.1) is 11.8 Å². The molecule has 0 aliphatic heterocycles. The number of amides is 4. The molecule has 1 aromatic heterocycles. The van der Waals surface area contributed by atoms with Gasteiger partial charge in [0.1, 0.15) is 11.8 Å². The highest BCUT2D eigenvalue weighted by Gasteiger charge is 2.37. The van der Waals surface area contributed by atoms with Crippen LogP contribution in [0.2, 0.25) is 5.15 Å².